The van der Waals surface area contributed by atoms with E-state index < -0.39 is 5.97 Å². The molecule has 0 aliphatic carbocycles. The Morgan fingerprint density at radius 2 is 1.67 bits per heavy atom. The van der Waals surface area contributed by atoms with Gasteiger partial charge in [0, 0.05) is 39.3 Å². The molecule has 0 aromatic carbocycles. The van der Waals surface area contributed by atoms with Crippen LogP contribution in [0.15, 0.2) is 0 Å². The van der Waals surface area contributed by atoms with Crippen molar-refractivity contribution >= 4 is 5.97 Å². The Balaban J connectivity index is 2.16. The summed E-state index contributed by atoms with van der Waals surface area (Å²) in [6, 6.07) is 0. The van der Waals surface area contributed by atoms with Crippen LogP contribution in [0.4, 0.5) is 0 Å². The number of carbonyl (C=O) groups is 1. The van der Waals surface area contributed by atoms with Crippen molar-refractivity contribution < 1.29 is 9.90 Å². The number of nitrogens with zero attached hydrogens (tertiary/aromatic N) is 2. The van der Waals surface area contributed by atoms with Crippen molar-refractivity contribution in [2.75, 3.05) is 39.3 Å². The number of carboxylic acids is 1. The van der Waals surface area contributed by atoms with Crippen molar-refractivity contribution in [1.29, 1.82) is 0 Å². The van der Waals surface area contributed by atoms with Gasteiger partial charge in [-0.05, 0) is 18.3 Å². The fraction of sp³-hybridized carbons (Fsp3) is 0.929. The van der Waals surface area contributed by atoms with E-state index in [1.807, 2.05) is 0 Å². The summed E-state index contributed by atoms with van der Waals surface area (Å²) >= 11 is 0. The number of carboxylic acid groups (broad SMARTS) is 1. The molecule has 1 aliphatic rings. The molecule has 0 amide bonds. The van der Waals surface area contributed by atoms with Gasteiger partial charge in [-0.1, -0.05) is 20.8 Å². The molecule has 1 atom stereocenters. The SMILES string of the molecule is CC(C)CC(C)CN1CCN(CCC(=O)O)CC1. The van der Waals surface area contributed by atoms with Crippen LogP contribution in [0.5, 0.6) is 0 Å². The average Bonchev–Trinajstić information content (AvgIpc) is 2.26. The van der Waals surface area contributed by atoms with Gasteiger partial charge in [-0.25, -0.2) is 0 Å². The first-order valence-corrected chi connectivity index (χ1v) is 7.14. The molecule has 0 bridgehead atoms. The predicted octanol–water partition coefficient (Wildman–Crippen LogP) is 1.76. The van der Waals surface area contributed by atoms with Crippen LogP contribution in [0.25, 0.3) is 0 Å². The molecule has 1 unspecified atom stereocenters. The first kappa shape index (κ1) is 15.4. The van der Waals surface area contributed by atoms with Gasteiger partial charge in [-0.2, -0.15) is 0 Å². The maximum Gasteiger partial charge on any atom is 0.304 e. The Kier molecular flexibility index (Phi) is 6.65. The van der Waals surface area contributed by atoms with Gasteiger partial charge < -0.3 is 14.9 Å². The van der Waals surface area contributed by atoms with Crippen LogP contribution >= 0.6 is 0 Å². The van der Waals surface area contributed by atoms with E-state index in [0.29, 0.717) is 6.54 Å². The molecule has 4 heteroatoms. The Bertz CT molecular complexity index is 248. The lowest BCUT2D eigenvalue weighted by atomic mass is 9.98. The van der Waals surface area contributed by atoms with Gasteiger partial charge >= 0.3 is 5.97 Å². The van der Waals surface area contributed by atoms with Crippen LogP contribution in [0.1, 0.15) is 33.6 Å². The van der Waals surface area contributed by atoms with E-state index in [1.54, 1.807) is 0 Å². The Labute approximate surface area is 111 Å². The zero-order valence-electron chi connectivity index (χ0n) is 12.1. The van der Waals surface area contributed by atoms with Crippen LogP contribution in [-0.4, -0.2) is 60.1 Å². The maximum atomic E-state index is 10.5. The minimum Gasteiger partial charge on any atom is -0.481 e. The molecule has 1 heterocycles. The minimum absolute atomic E-state index is 0.268. The van der Waals surface area contributed by atoms with Crippen molar-refractivity contribution in [2.24, 2.45) is 11.8 Å². The van der Waals surface area contributed by atoms with E-state index in [9.17, 15) is 4.79 Å². The van der Waals surface area contributed by atoms with Gasteiger partial charge in [0.1, 0.15) is 0 Å². The summed E-state index contributed by atoms with van der Waals surface area (Å²) in [7, 11) is 0. The fourth-order valence-electron chi connectivity index (χ4n) is 2.77. The zero-order chi connectivity index (χ0) is 13.5. The number of hydrogen-bond acceptors (Lipinski definition) is 3. The van der Waals surface area contributed by atoms with Crippen LogP contribution < -0.4 is 0 Å². The zero-order valence-corrected chi connectivity index (χ0v) is 12.1. The van der Waals surface area contributed by atoms with Crippen LogP contribution in [-0.2, 0) is 4.79 Å². The third kappa shape index (κ3) is 6.36. The molecule has 0 aromatic rings. The second-order valence-corrected chi connectivity index (χ2v) is 6.02. The molecule has 0 radical (unpaired) electrons. The lowest BCUT2D eigenvalue weighted by Crippen LogP contribution is -2.48. The third-order valence-corrected chi connectivity index (χ3v) is 3.55. The van der Waals surface area contributed by atoms with E-state index in [2.05, 4.69) is 30.6 Å². The molecule has 0 saturated carbocycles. The summed E-state index contributed by atoms with van der Waals surface area (Å²) in [6.07, 6.45) is 1.56. The van der Waals surface area contributed by atoms with Gasteiger partial charge in [-0.15, -0.1) is 0 Å². The smallest absolute Gasteiger partial charge is 0.304 e. The lowest BCUT2D eigenvalue weighted by molar-refractivity contribution is -0.137. The molecule has 1 saturated heterocycles. The number of rotatable bonds is 7. The second kappa shape index (κ2) is 7.74. The van der Waals surface area contributed by atoms with Crippen molar-refractivity contribution in [1.82, 2.24) is 9.80 Å². The van der Waals surface area contributed by atoms with Crippen molar-refractivity contribution in [3.05, 3.63) is 0 Å². The molecular formula is C14H28N2O2. The Hall–Kier alpha value is -0.610. The van der Waals surface area contributed by atoms with E-state index in [4.69, 9.17) is 5.11 Å². The molecular weight excluding hydrogens is 228 g/mol. The molecule has 4 nitrogen and oxygen atoms in total. The Morgan fingerprint density at radius 3 is 2.17 bits per heavy atom. The van der Waals surface area contributed by atoms with Gasteiger partial charge in [0.05, 0.1) is 6.42 Å². The lowest BCUT2D eigenvalue weighted by Gasteiger charge is -2.36. The van der Waals surface area contributed by atoms with Gasteiger partial charge in [0.25, 0.3) is 0 Å². The average molecular weight is 256 g/mol. The summed E-state index contributed by atoms with van der Waals surface area (Å²) in [4.78, 5) is 15.3. The summed E-state index contributed by atoms with van der Waals surface area (Å²) in [5.74, 6) is 0.843. The molecule has 106 valence electrons. The normalized spacial score (nSPS) is 20.2. The van der Waals surface area contributed by atoms with Crippen molar-refractivity contribution in [3.63, 3.8) is 0 Å². The largest absolute Gasteiger partial charge is 0.481 e. The van der Waals surface area contributed by atoms with E-state index in [0.717, 1.165) is 38.0 Å². The summed E-state index contributed by atoms with van der Waals surface area (Å²) in [5.41, 5.74) is 0. The third-order valence-electron chi connectivity index (χ3n) is 3.55. The van der Waals surface area contributed by atoms with Crippen LogP contribution in [0.3, 0.4) is 0 Å². The fourth-order valence-corrected chi connectivity index (χ4v) is 2.77. The van der Waals surface area contributed by atoms with E-state index >= 15 is 0 Å². The number of hydrogen-bond donors (Lipinski definition) is 1. The van der Waals surface area contributed by atoms with Crippen LogP contribution in [0, 0.1) is 11.8 Å². The number of piperazine rings is 1. The highest BCUT2D eigenvalue weighted by Crippen LogP contribution is 2.13. The molecule has 1 N–H and O–H groups in total. The molecule has 1 aliphatic heterocycles. The monoisotopic (exact) mass is 256 g/mol. The van der Waals surface area contributed by atoms with Gasteiger partial charge in [-0.3, -0.25) is 4.79 Å². The minimum atomic E-state index is -0.692. The first-order valence-electron chi connectivity index (χ1n) is 7.14. The molecule has 1 rings (SSSR count). The highest BCUT2D eigenvalue weighted by Gasteiger charge is 2.19. The highest BCUT2D eigenvalue weighted by molar-refractivity contribution is 5.66. The quantitative estimate of drug-likeness (QED) is 0.754. The van der Waals surface area contributed by atoms with Crippen molar-refractivity contribution in [2.45, 2.75) is 33.6 Å². The summed E-state index contributed by atoms with van der Waals surface area (Å²) in [6.45, 7) is 13.0. The summed E-state index contributed by atoms with van der Waals surface area (Å²) in [5, 5.41) is 8.66. The predicted molar refractivity (Wildman–Crippen MR) is 73.8 cm³/mol. The topological polar surface area (TPSA) is 43.8 Å². The standard InChI is InChI=1S/C14H28N2O2/c1-12(2)10-13(3)11-16-8-6-15(7-9-16)5-4-14(17)18/h12-13H,4-11H2,1-3H3,(H,17,18). The first-order chi connectivity index (χ1) is 8.47. The van der Waals surface area contributed by atoms with E-state index in [1.165, 1.54) is 13.0 Å². The van der Waals surface area contributed by atoms with Gasteiger partial charge in [0.2, 0.25) is 0 Å². The second-order valence-electron chi connectivity index (χ2n) is 6.02. The number of aliphatic carboxylic acids is 1. The Morgan fingerprint density at radius 1 is 1.11 bits per heavy atom. The molecule has 0 spiro atoms. The summed E-state index contributed by atoms with van der Waals surface area (Å²) < 4.78 is 0. The molecule has 18 heavy (non-hydrogen) atoms. The highest BCUT2D eigenvalue weighted by atomic mass is 16.4. The van der Waals surface area contributed by atoms with Gasteiger partial charge in [0.15, 0.2) is 0 Å². The van der Waals surface area contributed by atoms with Crippen LogP contribution in [0.2, 0.25) is 0 Å². The van der Waals surface area contributed by atoms with E-state index in [-0.39, 0.29) is 6.42 Å². The maximum absolute atomic E-state index is 10.5. The van der Waals surface area contributed by atoms with Crippen molar-refractivity contribution in [3.8, 4) is 0 Å². The molecule has 1 fully saturated rings. The molecule has 0 aromatic heterocycles.